The Morgan fingerprint density at radius 1 is 0.966 bits per heavy atom. The standard InChI is InChI=1S/C21H18N2O5S/c1-14-7-10-17(11-8-14)29(27,28)23-20(15-5-3-2-4-6-15)22-16-9-12-19(24)18(13-16)21(25)26/h2-13,24H,1H3,(H,22,23)(H,25,26). The molecular weight excluding hydrogens is 392 g/mol. The van der Waals surface area contributed by atoms with Gasteiger partial charge in [0.1, 0.15) is 11.3 Å². The zero-order chi connectivity index (χ0) is 21.0. The van der Waals surface area contributed by atoms with Gasteiger partial charge in [-0.2, -0.15) is 8.42 Å². The maximum Gasteiger partial charge on any atom is 0.339 e. The second-order valence-corrected chi connectivity index (χ2v) is 7.86. The summed E-state index contributed by atoms with van der Waals surface area (Å²) in [6.45, 7) is 1.85. The molecule has 0 atom stereocenters. The lowest BCUT2D eigenvalue weighted by atomic mass is 10.1. The Bertz CT molecular complexity index is 1170. The molecule has 0 aliphatic heterocycles. The van der Waals surface area contributed by atoms with Crippen LogP contribution in [0.2, 0.25) is 0 Å². The van der Waals surface area contributed by atoms with Gasteiger partial charge in [0, 0.05) is 11.3 Å². The number of sulfonamides is 1. The number of amidine groups is 1. The van der Waals surface area contributed by atoms with Gasteiger partial charge in [0.25, 0.3) is 10.0 Å². The van der Waals surface area contributed by atoms with Crippen LogP contribution in [0.3, 0.4) is 0 Å². The molecule has 3 aromatic rings. The number of aromatic carboxylic acids is 1. The first-order chi connectivity index (χ1) is 13.8. The van der Waals surface area contributed by atoms with Crippen molar-refractivity contribution in [2.24, 2.45) is 4.40 Å². The van der Waals surface area contributed by atoms with Gasteiger partial charge in [-0.15, -0.1) is 4.40 Å². The number of nitrogens with zero attached hydrogens (tertiary/aromatic N) is 1. The number of nitrogens with one attached hydrogen (secondary N) is 1. The third kappa shape index (κ3) is 4.80. The van der Waals surface area contributed by atoms with Crippen LogP contribution in [0.1, 0.15) is 21.5 Å². The molecule has 3 aromatic carbocycles. The minimum absolute atomic E-state index is 0.0215. The Morgan fingerprint density at radius 3 is 2.24 bits per heavy atom. The quantitative estimate of drug-likeness (QED) is 0.336. The van der Waals surface area contributed by atoms with E-state index >= 15 is 0 Å². The number of aromatic hydroxyl groups is 1. The van der Waals surface area contributed by atoms with Gasteiger partial charge in [-0.25, -0.2) is 4.79 Å². The second-order valence-electron chi connectivity index (χ2n) is 6.26. The molecule has 29 heavy (non-hydrogen) atoms. The van der Waals surface area contributed by atoms with Crippen LogP contribution in [0.4, 0.5) is 5.69 Å². The summed E-state index contributed by atoms with van der Waals surface area (Å²) in [6, 6.07) is 18.7. The Balaban J connectivity index is 2.07. The van der Waals surface area contributed by atoms with Crippen LogP contribution >= 0.6 is 0 Å². The zero-order valence-electron chi connectivity index (χ0n) is 15.4. The lowest BCUT2D eigenvalue weighted by molar-refractivity contribution is 0.0693. The van der Waals surface area contributed by atoms with E-state index in [4.69, 9.17) is 0 Å². The summed E-state index contributed by atoms with van der Waals surface area (Å²) in [5.74, 6) is -1.68. The van der Waals surface area contributed by atoms with E-state index in [-0.39, 0.29) is 22.0 Å². The van der Waals surface area contributed by atoms with Crippen molar-refractivity contribution in [1.29, 1.82) is 0 Å². The predicted molar refractivity (Wildman–Crippen MR) is 110 cm³/mol. The zero-order valence-corrected chi connectivity index (χ0v) is 16.2. The number of benzene rings is 3. The summed E-state index contributed by atoms with van der Waals surface area (Å²) >= 11 is 0. The Hall–Kier alpha value is -3.65. The third-order valence-corrected chi connectivity index (χ3v) is 5.36. The van der Waals surface area contributed by atoms with Gasteiger partial charge < -0.3 is 15.5 Å². The van der Waals surface area contributed by atoms with Crippen LogP contribution in [0.15, 0.2) is 82.1 Å². The lowest BCUT2D eigenvalue weighted by Crippen LogP contribution is -2.16. The SMILES string of the molecule is Cc1ccc(S(=O)(=O)N=C(Nc2ccc(O)c(C(=O)O)c2)c2ccccc2)cc1. The van der Waals surface area contributed by atoms with E-state index < -0.39 is 21.7 Å². The van der Waals surface area contributed by atoms with Crippen molar-refractivity contribution in [3.8, 4) is 5.75 Å². The fourth-order valence-electron chi connectivity index (χ4n) is 2.55. The molecule has 8 heteroatoms. The summed E-state index contributed by atoms with van der Waals surface area (Å²) in [6.07, 6.45) is 0. The van der Waals surface area contributed by atoms with Crippen molar-refractivity contribution in [3.05, 3.63) is 89.5 Å². The molecular formula is C21H18N2O5S. The normalized spacial score (nSPS) is 11.8. The first kappa shape index (κ1) is 20.1. The van der Waals surface area contributed by atoms with Gasteiger partial charge in [-0.05, 0) is 37.3 Å². The van der Waals surface area contributed by atoms with E-state index in [0.29, 0.717) is 5.56 Å². The summed E-state index contributed by atoms with van der Waals surface area (Å²) in [5, 5.41) is 21.7. The van der Waals surface area contributed by atoms with Crippen LogP contribution < -0.4 is 5.32 Å². The summed E-state index contributed by atoms with van der Waals surface area (Å²) < 4.78 is 29.5. The lowest BCUT2D eigenvalue weighted by Gasteiger charge is -2.12. The van der Waals surface area contributed by atoms with Crippen LogP contribution in [0.5, 0.6) is 5.75 Å². The van der Waals surface area contributed by atoms with Crippen LogP contribution in [-0.2, 0) is 10.0 Å². The molecule has 0 aliphatic carbocycles. The number of hydrogen-bond acceptors (Lipinski definition) is 4. The molecule has 3 rings (SSSR count). The molecule has 3 N–H and O–H groups in total. The van der Waals surface area contributed by atoms with Crippen molar-refractivity contribution >= 4 is 27.5 Å². The Kier molecular flexibility index (Phi) is 5.65. The summed E-state index contributed by atoms with van der Waals surface area (Å²) in [4.78, 5) is 11.3. The Labute approximate surface area is 168 Å². The monoisotopic (exact) mass is 410 g/mol. The number of hydrogen-bond donors (Lipinski definition) is 3. The molecule has 0 amide bonds. The molecule has 0 fully saturated rings. The summed E-state index contributed by atoms with van der Waals surface area (Å²) in [7, 11) is -4.02. The molecule has 0 bridgehead atoms. The van der Waals surface area contributed by atoms with E-state index in [1.165, 1.54) is 30.3 Å². The van der Waals surface area contributed by atoms with Gasteiger partial charge in [0.15, 0.2) is 5.84 Å². The first-order valence-corrected chi connectivity index (χ1v) is 10.0. The average Bonchev–Trinajstić information content (AvgIpc) is 2.69. The molecule has 0 radical (unpaired) electrons. The first-order valence-electron chi connectivity index (χ1n) is 8.57. The highest BCUT2D eigenvalue weighted by Gasteiger charge is 2.17. The fourth-order valence-corrected chi connectivity index (χ4v) is 3.53. The largest absolute Gasteiger partial charge is 0.507 e. The Morgan fingerprint density at radius 2 is 1.62 bits per heavy atom. The maximum atomic E-state index is 12.8. The minimum atomic E-state index is -4.02. The highest BCUT2D eigenvalue weighted by molar-refractivity contribution is 7.90. The molecule has 0 saturated heterocycles. The number of carboxylic acid groups (broad SMARTS) is 1. The van der Waals surface area contributed by atoms with Crippen molar-refractivity contribution < 1.29 is 23.4 Å². The number of carboxylic acids is 1. The maximum absolute atomic E-state index is 12.8. The van der Waals surface area contributed by atoms with Crippen molar-refractivity contribution in [2.45, 2.75) is 11.8 Å². The van der Waals surface area contributed by atoms with E-state index in [9.17, 15) is 23.4 Å². The second kappa shape index (κ2) is 8.15. The number of carbonyl (C=O) groups is 1. The molecule has 0 unspecified atom stereocenters. The van der Waals surface area contributed by atoms with E-state index in [1.54, 1.807) is 42.5 Å². The highest BCUT2D eigenvalue weighted by Crippen LogP contribution is 2.23. The van der Waals surface area contributed by atoms with Crippen LogP contribution in [-0.4, -0.2) is 30.4 Å². The van der Waals surface area contributed by atoms with Crippen molar-refractivity contribution in [3.63, 3.8) is 0 Å². The minimum Gasteiger partial charge on any atom is -0.507 e. The molecule has 0 aromatic heterocycles. The summed E-state index contributed by atoms with van der Waals surface area (Å²) in [5.41, 5.74) is 1.36. The van der Waals surface area contributed by atoms with E-state index in [1.807, 2.05) is 6.92 Å². The van der Waals surface area contributed by atoms with Crippen molar-refractivity contribution in [1.82, 2.24) is 0 Å². The number of rotatable bonds is 5. The van der Waals surface area contributed by atoms with Gasteiger partial charge in [0.05, 0.1) is 4.90 Å². The molecule has 0 aliphatic rings. The molecule has 0 saturated carbocycles. The topological polar surface area (TPSA) is 116 Å². The van der Waals surface area contributed by atoms with Gasteiger partial charge >= 0.3 is 5.97 Å². The van der Waals surface area contributed by atoms with Crippen LogP contribution in [0, 0.1) is 6.92 Å². The van der Waals surface area contributed by atoms with E-state index in [2.05, 4.69) is 9.71 Å². The molecule has 148 valence electrons. The molecule has 7 nitrogen and oxygen atoms in total. The average molecular weight is 410 g/mol. The van der Waals surface area contributed by atoms with Gasteiger partial charge in [0.2, 0.25) is 0 Å². The van der Waals surface area contributed by atoms with Crippen LogP contribution in [0.25, 0.3) is 0 Å². The van der Waals surface area contributed by atoms with E-state index in [0.717, 1.165) is 5.56 Å². The number of anilines is 1. The number of phenols is 1. The third-order valence-electron chi connectivity index (χ3n) is 4.07. The van der Waals surface area contributed by atoms with Gasteiger partial charge in [-0.1, -0.05) is 48.0 Å². The number of aryl methyl sites for hydroxylation is 1. The predicted octanol–water partition coefficient (Wildman–Crippen LogP) is 3.65. The molecule has 0 heterocycles. The van der Waals surface area contributed by atoms with Crippen molar-refractivity contribution in [2.75, 3.05) is 5.32 Å². The molecule has 0 spiro atoms. The fraction of sp³-hybridized carbons (Fsp3) is 0.0476. The highest BCUT2D eigenvalue weighted by atomic mass is 32.2. The van der Waals surface area contributed by atoms with Gasteiger partial charge in [-0.3, -0.25) is 0 Å². The smallest absolute Gasteiger partial charge is 0.339 e.